The molecule has 0 aliphatic rings. The molecule has 2 aromatic rings. The first kappa shape index (κ1) is 17.2. The lowest BCUT2D eigenvalue weighted by Crippen LogP contribution is -2.35. The highest BCUT2D eigenvalue weighted by atomic mass is 32.2. The van der Waals surface area contributed by atoms with Gasteiger partial charge >= 0.3 is 0 Å². The van der Waals surface area contributed by atoms with E-state index in [2.05, 4.69) is 15.2 Å². The van der Waals surface area contributed by atoms with Crippen molar-refractivity contribution in [3.05, 3.63) is 47.3 Å². The number of benzene rings is 1. The van der Waals surface area contributed by atoms with Crippen LogP contribution in [0.4, 0.5) is 0 Å². The van der Waals surface area contributed by atoms with Gasteiger partial charge in [-0.1, -0.05) is 35.5 Å². The summed E-state index contributed by atoms with van der Waals surface area (Å²) in [7, 11) is -3.69. The summed E-state index contributed by atoms with van der Waals surface area (Å²) in [5, 5.41) is 6.30. The molecule has 0 fully saturated rings. The minimum Gasteiger partial charge on any atom is -0.360 e. The lowest BCUT2D eigenvalue weighted by molar-refractivity contribution is -0.120. The third-order valence-electron chi connectivity index (χ3n) is 3.18. The SMILES string of the molecule is Cc1noc(C)c1S(=O)(=O)NCCNC(=O)Cc1ccccc1. The van der Waals surface area contributed by atoms with Crippen LogP contribution in [0.25, 0.3) is 0 Å². The molecular formula is C15H19N3O4S. The second-order valence-electron chi connectivity index (χ2n) is 5.06. The predicted molar refractivity (Wildman–Crippen MR) is 84.3 cm³/mol. The fourth-order valence-corrected chi connectivity index (χ4v) is 3.52. The number of nitrogens with one attached hydrogen (secondary N) is 2. The van der Waals surface area contributed by atoms with Crippen molar-refractivity contribution in [2.75, 3.05) is 13.1 Å². The van der Waals surface area contributed by atoms with Crippen LogP contribution in [-0.2, 0) is 21.2 Å². The standard InChI is InChI=1S/C15H19N3O4S/c1-11-15(12(2)22-18-11)23(20,21)17-9-8-16-14(19)10-13-6-4-3-5-7-13/h3-7,17H,8-10H2,1-2H3,(H,16,19). The van der Waals surface area contributed by atoms with Crippen molar-refractivity contribution in [1.29, 1.82) is 0 Å². The van der Waals surface area contributed by atoms with Crippen LogP contribution >= 0.6 is 0 Å². The van der Waals surface area contributed by atoms with Crippen LogP contribution in [0.5, 0.6) is 0 Å². The van der Waals surface area contributed by atoms with Crippen molar-refractivity contribution in [3.8, 4) is 0 Å². The number of sulfonamides is 1. The Labute approximate surface area is 135 Å². The first-order valence-electron chi connectivity index (χ1n) is 7.13. The van der Waals surface area contributed by atoms with Gasteiger partial charge in [-0.15, -0.1) is 0 Å². The van der Waals surface area contributed by atoms with Gasteiger partial charge in [0.15, 0.2) is 5.76 Å². The molecule has 1 aromatic carbocycles. The maximum atomic E-state index is 12.1. The Hall–Kier alpha value is -2.19. The van der Waals surface area contributed by atoms with Gasteiger partial charge in [0.25, 0.3) is 0 Å². The molecular weight excluding hydrogens is 318 g/mol. The molecule has 0 aliphatic heterocycles. The third-order valence-corrected chi connectivity index (χ3v) is 4.89. The summed E-state index contributed by atoms with van der Waals surface area (Å²) in [5.74, 6) is 0.0795. The molecule has 0 radical (unpaired) electrons. The van der Waals surface area contributed by atoms with Gasteiger partial charge < -0.3 is 9.84 Å². The largest absolute Gasteiger partial charge is 0.360 e. The Bertz CT molecular complexity index is 750. The molecule has 0 unspecified atom stereocenters. The molecule has 2 N–H and O–H groups in total. The minimum absolute atomic E-state index is 0.0492. The molecule has 2 rings (SSSR count). The Balaban J connectivity index is 1.80. The van der Waals surface area contributed by atoms with E-state index in [-0.39, 0.29) is 36.1 Å². The van der Waals surface area contributed by atoms with Crippen molar-refractivity contribution in [2.45, 2.75) is 25.2 Å². The van der Waals surface area contributed by atoms with Crippen LogP contribution in [0.15, 0.2) is 39.8 Å². The first-order chi connectivity index (χ1) is 10.9. The summed E-state index contributed by atoms with van der Waals surface area (Å²) in [6.07, 6.45) is 0.261. The van der Waals surface area contributed by atoms with Crippen molar-refractivity contribution in [3.63, 3.8) is 0 Å². The number of nitrogens with zero attached hydrogens (tertiary/aromatic N) is 1. The predicted octanol–water partition coefficient (Wildman–Crippen LogP) is 0.929. The minimum atomic E-state index is -3.69. The fraction of sp³-hybridized carbons (Fsp3) is 0.333. The first-order valence-corrected chi connectivity index (χ1v) is 8.61. The topological polar surface area (TPSA) is 101 Å². The number of carbonyl (C=O) groups is 1. The lowest BCUT2D eigenvalue weighted by Gasteiger charge is -2.08. The van der Waals surface area contributed by atoms with E-state index in [9.17, 15) is 13.2 Å². The van der Waals surface area contributed by atoms with E-state index < -0.39 is 10.0 Å². The van der Waals surface area contributed by atoms with Gasteiger partial charge in [-0.3, -0.25) is 4.79 Å². The van der Waals surface area contributed by atoms with E-state index in [0.29, 0.717) is 5.69 Å². The fourth-order valence-electron chi connectivity index (χ4n) is 2.16. The molecule has 23 heavy (non-hydrogen) atoms. The molecule has 0 aliphatic carbocycles. The van der Waals surface area contributed by atoms with Crippen LogP contribution in [0.2, 0.25) is 0 Å². The van der Waals surface area contributed by atoms with Crippen molar-refractivity contribution < 1.29 is 17.7 Å². The van der Waals surface area contributed by atoms with Crippen molar-refractivity contribution >= 4 is 15.9 Å². The van der Waals surface area contributed by atoms with Crippen LogP contribution in [0, 0.1) is 13.8 Å². The number of rotatable bonds is 7. The monoisotopic (exact) mass is 337 g/mol. The molecule has 1 heterocycles. The van der Waals surface area contributed by atoms with Crippen LogP contribution in [0.3, 0.4) is 0 Å². The van der Waals surface area contributed by atoms with Gasteiger partial charge in [0.05, 0.1) is 6.42 Å². The number of hydrogen-bond acceptors (Lipinski definition) is 5. The van der Waals surface area contributed by atoms with Crippen LogP contribution < -0.4 is 10.0 Å². The van der Waals surface area contributed by atoms with Gasteiger partial charge in [0, 0.05) is 13.1 Å². The number of hydrogen-bond donors (Lipinski definition) is 2. The summed E-state index contributed by atoms with van der Waals surface area (Å²) in [5.41, 5.74) is 1.21. The Morgan fingerprint density at radius 2 is 1.87 bits per heavy atom. The van der Waals surface area contributed by atoms with Crippen LogP contribution in [-0.4, -0.2) is 32.6 Å². The molecule has 0 spiro atoms. The Morgan fingerprint density at radius 3 is 2.48 bits per heavy atom. The van der Waals surface area contributed by atoms with Crippen molar-refractivity contribution in [1.82, 2.24) is 15.2 Å². The quantitative estimate of drug-likeness (QED) is 0.732. The molecule has 124 valence electrons. The van der Waals surface area contributed by atoms with E-state index in [0.717, 1.165) is 5.56 Å². The molecule has 8 heteroatoms. The highest BCUT2D eigenvalue weighted by molar-refractivity contribution is 7.89. The number of aryl methyl sites for hydroxylation is 2. The lowest BCUT2D eigenvalue weighted by atomic mass is 10.1. The zero-order chi connectivity index (χ0) is 16.9. The number of amides is 1. The molecule has 1 amide bonds. The zero-order valence-electron chi connectivity index (χ0n) is 13.0. The maximum Gasteiger partial charge on any atom is 0.246 e. The average molecular weight is 337 g/mol. The molecule has 0 saturated heterocycles. The maximum absolute atomic E-state index is 12.1. The van der Waals surface area contributed by atoms with E-state index in [1.165, 1.54) is 6.92 Å². The second kappa shape index (κ2) is 7.38. The van der Waals surface area contributed by atoms with Gasteiger partial charge in [-0.25, -0.2) is 13.1 Å². The zero-order valence-corrected chi connectivity index (χ0v) is 13.8. The molecule has 0 saturated carbocycles. The summed E-state index contributed by atoms with van der Waals surface area (Å²) in [4.78, 5) is 11.8. The van der Waals surface area contributed by atoms with Gasteiger partial charge in [0.2, 0.25) is 15.9 Å². The average Bonchev–Trinajstić information content (AvgIpc) is 2.84. The van der Waals surface area contributed by atoms with E-state index in [4.69, 9.17) is 4.52 Å². The van der Waals surface area contributed by atoms with Crippen LogP contribution in [0.1, 0.15) is 17.0 Å². The molecule has 7 nitrogen and oxygen atoms in total. The van der Waals surface area contributed by atoms with E-state index in [1.807, 2.05) is 30.3 Å². The Morgan fingerprint density at radius 1 is 1.17 bits per heavy atom. The van der Waals surface area contributed by atoms with Gasteiger partial charge in [-0.2, -0.15) is 0 Å². The summed E-state index contributed by atoms with van der Waals surface area (Å²) < 4.78 is 31.6. The molecule has 0 atom stereocenters. The summed E-state index contributed by atoms with van der Waals surface area (Å²) in [6.45, 7) is 3.39. The van der Waals surface area contributed by atoms with Gasteiger partial charge in [-0.05, 0) is 19.4 Å². The molecule has 1 aromatic heterocycles. The van der Waals surface area contributed by atoms with Crippen molar-refractivity contribution in [2.24, 2.45) is 0 Å². The smallest absolute Gasteiger partial charge is 0.246 e. The highest BCUT2D eigenvalue weighted by Gasteiger charge is 2.23. The third kappa shape index (κ3) is 4.64. The number of carbonyl (C=O) groups excluding carboxylic acids is 1. The number of aromatic nitrogens is 1. The van der Waals surface area contributed by atoms with Gasteiger partial charge in [0.1, 0.15) is 10.6 Å². The summed E-state index contributed by atoms with van der Waals surface area (Å²) in [6, 6.07) is 9.32. The highest BCUT2D eigenvalue weighted by Crippen LogP contribution is 2.18. The molecule has 0 bridgehead atoms. The normalized spacial score (nSPS) is 11.4. The van der Waals surface area contributed by atoms with E-state index in [1.54, 1.807) is 6.92 Å². The Kier molecular flexibility index (Phi) is 5.51. The van der Waals surface area contributed by atoms with E-state index >= 15 is 0 Å². The second-order valence-corrected chi connectivity index (χ2v) is 6.77. The summed E-state index contributed by atoms with van der Waals surface area (Å²) >= 11 is 0.